The zero-order valence-corrected chi connectivity index (χ0v) is 13.3. The van der Waals surface area contributed by atoms with Crippen LogP contribution in [0.2, 0.25) is 0 Å². The molecular formula is C16H20N6O2. The number of nitrogens with two attached hydrogens (primary N) is 1. The Kier molecular flexibility index (Phi) is 4.59. The van der Waals surface area contributed by atoms with Gasteiger partial charge in [-0.1, -0.05) is 30.3 Å². The summed E-state index contributed by atoms with van der Waals surface area (Å²) >= 11 is 0. The van der Waals surface area contributed by atoms with Crippen LogP contribution in [-0.2, 0) is 11.3 Å². The summed E-state index contributed by atoms with van der Waals surface area (Å²) in [4.78, 5) is 23.8. The molecule has 0 spiro atoms. The van der Waals surface area contributed by atoms with Gasteiger partial charge in [0.2, 0.25) is 5.91 Å². The van der Waals surface area contributed by atoms with E-state index in [2.05, 4.69) is 21.3 Å². The van der Waals surface area contributed by atoms with Crippen LogP contribution in [0.15, 0.2) is 42.7 Å². The largest absolute Gasteiger partial charge is 0.368 e. The third-order valence-electron chi connectivity index (χ3n) is 4.05. The summed E-state index contributed by atoms with van der Waals surface area (Å²) < 4.78 is 1.70. The molecule has 2 aromatic rings. The number of amides is 2. The van der Waals surface area contributed by atoms with Crippen LogP contribution in [0.4, 0.5) is 0 Å². The van der Waals surface area contributed by atoms with Crippen molar-refractivity contribution in [1.29, 1.82) is 0 Å². The topological polar surface area (TPSA) is 114 Å². The number of nitrogens with one attached hydrogen (secondary N) is 3. The maximum atomic E-state index is 12.4. The average molecular weight is 328 g/mol. The molecule has 0 saturated carbocycles. The minimum atomic E-state index is -0.650. The predicted octanol–water partition coefficient (Wildman–Crippen LogP) is -0.620. The number of aromatic nitrogens is 2. The summed E-state index contributed by atoms with van der Waals surface area (Å²) in [5.74, 6) is -0.806. The maximum absolute atomic E-state index is 12.4. The van der Waals surface area contributed by atoms with Gasteiger partial charge >= 0.3 is 0 Å². The highest BCUT2D eigenvalue weighted by molar-refractivity contribution is 5.94. The van der Waals surface area contributed by atoms with E-state index in [1.807, 2.05) is 37.3 Å². The van der Waals surface area contributed by atoms with Gasteiger partial charge in [0, 0.05) is 12.2 Å². The van der Waals surface area contributed by atoms with Crippen LogP contribution in [-0.4, -0.2) is 39.7 Å². The molecule has 1 aromatic heterocycles. The van der Waals surface area contributed by atoms with Crippen molar-refractivity contribution in [3.8, 4) is 0 Å². The third kappa shape index (κ3) is 3.44. The van der Waals surface area contributed by atoms with Crippen molar-refractivity contribution in [3.05, 3.63) is 53.9 Å². The van der Waals surface area contributed by atoms with E-state index in [1.165, 1.54) is 6.20 Å². The van der Waals surface area contributed by atoms with Crippen molar-refractivity contribution in [3.63, 3.8) is 0 Å². The normalized spacial score (nSPS) is 23.1. The number of hydrazine groups is 1. The standard InChI is InChI=1S/C16H20N6O2/c1-10-13(14(15(17)23)21-20-10)19-16(24)12-7-18-22(9-12)8-11-5-3-2-4-6-11/h2-7,9-10,13-14,20-21H,8H2,1H3,(H2,17,23)(H,19,24). The van der Waals surface area contributed by atoms with Gasteiger partial charge in [-0.2, -0.15) is 5.10 Å². The third-order valence-corrected chi connectivity index (χ3v) is 4.05. The molecule has 0 aliphatic carbocycles. The molecular weight excluding hydrogens is 308 g/mol. The number of carbonyl (C=O) groups excluding carboxylic acids is 2. The lowest BCUT2D eigenvalue weighted by molar-refractivity contribution is -0.120. The van der Waals surface area contributed by atoms with Gasteiger partial charge in [0.05, 0.1) is 24.3 Å². The lowest BCUT2D eigenvalue weighted by Crippen LogP contribution is -2.52. The molecule has 3 rings (SSSR count). The number of carbonyl (C=O) groups is 2. The molecule has 2 amide bonds. The van der Waals surface area contributed by atoms with E-state index in [-0.39, 0.29) is 11.9 Å². The Balaban J connectivity index is 1.66. The molecule has 1 aliphatic rings. The van der Waals surface area contributed by atoms with E-state index < -0.39 is 18.0 Å². The number of hydrogen-bond donors (Lipinski definition) is 4. The number of hydrogen-bond acceptors (Lipinski definition) is 5. The van der Waals surface area contributed by atoms with E-state index in [0.29, 0.717) is 12.1 Å². The fourth-order valence-corrected chi connectivity index (χ4v) is 2.72. The van der Waals surface area contributed by atoms with E-state index in [1.54, 1.807) is 10.9 Å². The van der Waals surface area contributed by atoms with Crippen LogP contribution in [0.25, 0.3) is 0 Å². The molecule has 1 aromatic carbocycles. The molecule has 24 heavy (non-hydrogen) atoms. The van der Waals surface area contributed by atoms with Crippen LogP contribution >= 0.6 is 0 Å². The molecule has 3 unspecified atom stereocenters. The van der Waals surface area contributed by atoms with E-state index in [4.69, 9.17) is 5.73 Å². The van der Waals surface area contributed by atoms with Gasteiger partial charge in [-0.3, -0.25) is 19.7 Å². The van der Waals surface area contributed by atoms with Crippen LogP contribution in [0.1, 0.15) is 22.8 Å². The predicted molar refractivity (Wildman–Crippen MR) is 87.7 cm³/mol. The first-order valence-electron chi connectivity index (χ1n) is 7.72. The summed E-state index contributed by atoms with van der Waals surface area (Å²) in [5, 5.41) is 7.05. The van der Waals surface area contributed by atoms with Crippen LogP contribution < -0.4 is 21.9 Å². The van der Waals surface area contributed by atoms with Crippen LogP contribution in [0.5, 0.6) is 0 Å². The van der Waals surface area contributed by atoms with Gasteiger partial charge in [-0.05, 0) is 12.5 Å². The number of primary amides is 1. The second kappa shape index (κ2) is 6.81. The summed E-state index contributed by atoms with van der Waals surface area (Å²) in [6.07, 6.45) is 3.19. The fourth-order valence-electron chi connectivity index (χ4n) is 2.72. The van der Waals surface area contributed by atoms with Gasteiger partial charge < -0.3 is 11.1 Å². The Morgan fingerprint density at radius 2 is 2.04 bits per heavy atom. The van der Waals surface area contributed by atoms with Crippen molar-refractivity contribution in [2.24, 2.45) is 5.73 Å². The van der Waals surface area contributed by atoms with Crippen LogP contribution in [0, 0.1) is 0 Å². The highest BCUT2D eigenvalue weighted by Crippen LogP contribution is 2.09. The van der Waals surface area contributed by atoms with Crippen LogP contribution in [0.3, 0.4) is 0 Å². The molecule has 3 atom stereocenters. The Bertz CT molecular complexity index is 729. The summed E-state index contributed by atoms with van der Waals surface area (Å²) in [6.45, 7) is 2.45. The van der Waals surface area contributed by atoms with Crippen molar-refractivity contribution in [1.82, 2.24) is 25.9 Å². The summed E-state index contributed by atoms with van der Waals surface area (Å²) in [5.41, 5.74) is 12.6. The summed E-state index contributed by atoms with van der Waals surface area (Å²) in [7, 11) is 0. The van der Waals surface area contributed by atoms with Crippen molar-refractivity contribution >= 4 is 11.8 Å². The number of rotatable bonds is 5. The fraction of sp³-hybridized carbons (Fsp3) is 0.312. The molecule has 0 bridgehead atoms. The second-order valence-corrected chi connectivity index (χ2v) is 5.87. The zero-order chi connectivity index (χ0) is 17.1. The molecule has 1 saturated heterocycles. The molecule has 126 valence electrons. The number of benzene rings is 1. The Hall–Kier alpha value is -2.71. The second-order valence-electron chi connectivity index (χ2n) is 5.87. The van der Waals surface area contributed by atoms with Crippen molar-refractivity contribution in [2.75, 3.05) is 0 Å². The Morgan fingerprint density at radius 3 is 2.75 bits per heavy atom. The molecule has 0 radical (unpaired) electrons. The zero-order valence-electron chi connectivity index (χ0n) is 13.3. The molecule has 8 nitrogen and oxygen atoms in total. The quantitative estimate of drug-likeness (QED) is 0.584. The van der Waals surface area contributed by atoms with Gasteiger partial charge in [-0.15, -0.1) is 0 Å². The molecule has 1 aliphatic heterocycles. The Labute approximate surface area is 139 Å². The monoisotopic (exact) mass is 328 g/mol. The first kappa shape index (κ1) is 16.2. The lowest BCUT2D eigenvalue weighted by atomic mass is 10.0. The first-order chi connectivity index (χ1) is 11.5. The minimum absolute atomic E-state index is 0.120. The van der Waals surface area contributed by atoms with Gasteiger partial charge in [0.15, 0.2) is 0 Å². The maximum Gasteiger partial charge on any atom is 0.254 e. The number of nitrogens with zero attached hydrogens (tertiary/aromatic N) is 2. The average Bonchev–Trinajstić information content (AvgIpc) is 3.16. The van der Waals surface area contributed by atoms with Crippen molar-refractivity contribution < 1.29 is 9.59 Å². The molecule has 8 heteroatoms. The van der Waals surface area contributed by atoms with Gasteiger partial charge in [-0.25, -0.2) is 5.43 Å². The molecule has 1 fully saturated rings. The lowest BCUT2D eigenvalue weighted by Gasteiger charge is -2.19. The van der Waals surface area contributed by atoms with Gasteiger partial charge in [0.1, 0.15) is 6.04 Å². The highest BCUT2D eigenvalue weighted by Gasteiger charge is 2.37. The molecule has 5 N–H and O–H groups in total. The summed E-state index contributed by atoms with van der Waals surface area (Å²) in [6, 6.07) is 8.66. The van der Waals surface area contributed by atoms with E-state index in [0.717, 1.165) is 5.56 Å². The van der Waals surface area contributed by atoms with E-state index >= 15 is 0 Å². The minimum Gasteiger partial charge on any atom is -0.368 e. The smallest absolute Gasteiger partial charge is 0.254 e. The SMILES string of the molecule is CC1NNC(C(N)=O)C1NC(=O)c1cnn(Cc2ccccc2)c1. The first-order valence-corrected chi connectivity index (χ1v) is 7.72. The van der Waals surface area contributed by atoms with Gasteiger partial charge in [0.25, 0.3) is 5.91 Å². The highest BCUT2D eigenvalue weighted by atomic mass is 16.2. The van der Waals surface area contributed by atoms with Crippen molar-refractivity contribution in [2.45, 2.75) is 31.6 Å². The Morgan fingerprint density at radius 1 is 1.29 bits per heavy atom. The van der Waals surface area contributed by atoms with E-state index in [9.17, 15) is 9.59 Å². The molecule has 2 heterocycles.